The van der Waals surface area contributed by atoms with Crippen LogP contribution in [0.4, 0.5) is 0 Å². The molecular formula is C8H9N9O3. The van der Waals surface area contributed by atoms with E-state index in [1.165, 1.54) is 50.2 Å². The van der Waals surface area contributed by atoms with Crippen molar-refractivity contribution in [1.82, 2.24) is 46.0 Å². The molecule has 0 aliphatic rings. The maximum atomic E-state index is 4.22. The van der Waals surface area contributed by atoms with Crippen molar-refractivity contribution in [1.29, 1.82) is 0 Å². The molecule has 12 heteroatoms. The Balaban J connectivity index is 0.000000133. The van der Waals surface area contributed by atoms with Gasteiger partial charge in [0.25, 0.3) is 0 Å². The van der Waals surface area contributed by atoms with E-state index in [0.29, 0.717) is 0 Å². The monoisotopic (exact) mass is 279 g/mol. The van der Waals surface area contributed by atoms with Gasteiger partial charge in [0.2, 0.25) is 6.39 Å². The van der Waals surface area contributed by atoms with E-state index >= 15 is 0 Å². The van der Waals surface area contributed by atoms with Gasteiger partial charge in [0.05, 0.1) is 18.6 Å². The van der Waals surface area contributed by atoms with Gasteiger partial charge in [0.15, 0.2) is 6.33 Å². The molecule has 0 bridgehead atoms. The van der Waals surface area contributed by atoms with Crippen LogP contribution in [0, 0.1) is 0 Å². The van der Waals surface area contributed by atoms with Gasteiger partial charge in [-0.2, -0.15) is 5.10 Å². The number of aromatic nitrogens is 9. The van der Waals surface area contributed by atoms with E-state index in [1.807, 2.05) is 0 Å². The number of nitrogens with one attached hydrogen (secondary N) is 1. The maximum Gasteiger partial charge on any atom is 0.213 e. The lowest BCUT2D eigenvalue weighted by Gasteiger charge is -1.46. The summed E-state index contributed by atoms with van der Waals surface area (Å²) in [6.45, 7) is 0. The first-order valence-electron chi connectivity index (χ1n) is 4.90. The highest BCUT2D eigenvalue weighted by atomic mass is 16.6. The quantitative estimate of drug-likeness (QED) is 0.462. The molecule has 0 atom stereocenters. The second-order valence-corrected chi connectivity index (χ2v) is 2.41. The topological polar surface area (TPSA) is 158 Å². The molecule has 0 saturated carbocycles. The molecule has 4 aromatic heterocycles. The van der Waals surface area contributed by atoms with E-state index in [-0.39, 0.29) is 0 Å². The Bertz CT molecular complexity index is 360. The molecule has 4 heterocycles. The van der Waals surface area contributed by atoms with Crippen molar-refractivity contribution in [3.05, 3.63) is 50.2 Å². The standard InChI is InChI=1S/C2H3N3.3C2H2N2O/c2*1-3-2-5-4-1;1-2-5-4-3-1;1-2-4-5-3-1/h1-2H,(H,3,4,5);3*1-2H. The van der Waals surface area contributed by atoms with Crippen LogP contribution in [0.2, 0.25) is 0 Å². The van der Waals surface area contributed by atoms with Crippen molar-refractivity contribution in [3.8, 4) is 0 Å². The van der Waals surface area contributed by atoms with E-state index in [2.05, 4.69) is 59.7 Å². The zero-order valence-corrected chi connectivity index (χ0v) is 9.92. The molecular weight excluding hydrogens is 270 g/mol. The fourth-order valence-electron chi connectivity index (χ4n) is 0.575. The van der Waals surface area contributed by atoms with Gasteiger partial charge < -0.3 is 9.05 Å². The summed E-state index contributed by atoms with van der Waals surface area (Å²) in [7, 11) is 0. The second-order valence-electron chi connectivity index (χ2n) is 2.41. The summed E-state index contributed by atoms with van der Waals surface area (Å²) < 4.78 is 12.5. The lowest BCUT2D eigenvalue weighted by atomic mass is 11.0. The number of nitrogens with zero attached hydrogens (tertiary/aromatic N) is 8. The smallest absolute Gasteiger partial charge is 0.213 e. The average Bonchev–Trinajstić information content (AvgIpc) is 3.40. The predicted molar refractivity (Wildman–Crippen MR) is 59.3 cm³/mol. The van der Waals surface area contributed by atoms with Gasteiger partial charge in [-0.05, 0) is 0 Å². The molecule has 0 saturated heterocycles. The minimum Gasteiger partial charge on any atom is -0.346 e. The fourth-order valence-corrected chi connectivity index (χ4v) is 0.575. The Hall–Kier alpha value is -3.44. The molecule has 0 amide bonds. The third-order valence-electron chi connectivity index (χ3n) is 1.18. The number of rotatable bonds is 0. The van der Waals surface area contributed by atoms with Crippen molar-refractivity contribution in [3.63, 3.8) is 0 Å². The largest absolute Gasteiger partial charge is 0.346 e. The van der Waals surface area contributed by atoms with Crippen molar-refractivity contribution in [2.45, 2.75) is 0 Å². The Labute approximate surface area is 111 Å². The van der Waals surface area contributed by atoms with Crippen molar-refractivity contribution in [2.75, 3.05) is 0 Å². The molecule has 1 N–H and O–H groups in total. The average molecular weight is 279 g/mol. The molecule has 0 aliphatic carbocycles. The number of aromatic amines is 1. The van der Waals surface area contributed by atoms with E-state index in [1.54, 1.807) is 0 Å². The minimum absolute atomic E-state index is 1.26. The number of hydrogen-bond acceptors (Lipinski definition) is 11. The number of hydrogen-bond donors (Lipinski definition) is 1. The molecule has 4 rings (SSSR count). The Morgan fingerprint density at radius 3 is 1.95 bits per heavy atom. The molecule has 0 fully saturated rings. The molecule has 20 heavy (non-hydrogen) atoms. The summed E-state index contributed by atoms with van der Waals surface area (Å²) >= 11 is 0. The summed E-state index contributed by atoms with van der Waals surface area (Å²) in [5.74, 6) is 0. The zero-order chi connectivity index (χ0) is 14.1. The molecule has 0 aliphatic heterocycles. The van der Waals surface area contributed by atoms with Gasteiger partial charge in [-0.25, -0.2) is 14.6 Å². The van der Waals surface area contributed by atoms with Crippen molar-refractivity contribution in [2.24, 2.45) is 0 Å². The van der Waals surface area contributed by atoms with Crippen LogP contribution >= 0.6 is 0 Å². The molecule has 4 aromatic rings. The van der Waals surface area contributed by atoms with Gasteiger partial charge in [0.1, 0.15) is 18.9 Å². The summed E-state index contributed by atoms with van der Waals surface area (Å²) in [6.07, 6.45) is 11.4. The summed E-state index contributed by atoms with van der Waals surface area (Å²) in [5, 5.41) is 22.1. The Kier molecular flexibility index (Phi) is 8.79. The Morgan fingerprint density at radius 1 is 0.850 bits per heavy atom. The molecule has 0 unspecified atom stereocenters. The van der Waals surface area contributed by atoms with Crippen LogP contribution < -0.4 is 0 Å². The van der Waals surface area contributed by atoms with Crippen molar-refractivity contribution >= 4 is 0 Å². The highest BCUT2D eigenvalue weighted by molar-refractivity contribution is 4.52. The predicted octanol–water partition coefficient (Wildman–Crippen LogP) is 0.0135. The Morgan fingerprint density at radius 2 is 1.75 bits per heavy atom. The van der Waals surface area contributed by atoms with Crippen LogP contribution in [0.25, 0.3) is 0 Å². The van der Waals surface area contributed by atoms with Gasteiger partial charge in [-0.1, -0.05) is 15.5 Å². The molecule has 0 aromatic carbocycles. The number of H-pyrrole nitrogens is 1. The zero-order valence-electron chi connectivity index (χ0n) is 9.92. The molecule has 0 radical (unpaired) electrons. The lowest BCUT2D eigenvalue weighted by molar-refractivity contribution is 0.307. The maximum absolute atomic E-state index is 4.22. The first-order chi connectivity index (χ1) is 10.0. The van der Waals surface area contributed by atoms with Gasteiger partial charge in [-0.3, -0.25) is 5.10 Å². The van der Waals surface area contributed by atoms with E-state index in [4.69, 9.17) is 0 Å². The van der Waals surface area contributed by atoms with Crippen LogP contribution in [-0.2, 0) is 0 Å². The van der Waals surface area contributed by atoms with Crippen molar-refractivity contribution < 1.29 is 13.7 Å². The highest BCUT2D eigenvalue weighted by Crippen LogP contribution is 1.64. The van der Waals surface area contributed by atoms with E-state index in [9.17, 15) is 0 Å². The normalized spacial score (nSPS) is 8.00. The van der Waals surface area contributed by atoms with Crippen LogP contribution in [0.3, 0.4) is 0 Å². The van der Waals surface area contributed by atoms with Crippen LogP contribution in [0.1, 0.15) is 0 Å². The van der Waals surface area contributed by atoms with E-state index in [0.717, 1.165) is 0 Å². The van der Waals surface area contributed by atoms with Gasteiger partial charge in [-0.15, -0.1) is 5.10 Å². The summed E-state index contributed by atoms with van der Waals surface area (Å²) in [5.41, 5.74) is 0. The SMILES string of the molecule is c1cnon1.c1conn1.c1nc[nH]n1.c1ncon1. The van der Waals surface area contributed by atoms with Crippen LogP contribution in [0.5, 0.6) is 0 Å². The summed E-state index contributed by atoms with van der Waals surface area (Å²) in [6, 6.07) is 0. The highest BCUT2D eigenvalue weighted by Gasteiger charge is 1.62. The van der Waals surface area contributed by atoms with Crippen LogP contribution in [0.15, 0.2) is 63.9 Å². The molecule has 12 nitrogen and oxygen atoms in total. The third kappa shape index (κ3) is 9.76. The first kappa shape index (κ1) is 14.6. The lowest BCUT2D eigenvalue weighted by Crippen LogP contribution is -1.53. The summed E-state index contributed by atoms with van der Waals surface area (Å²) in [4.78, 5) is 7.00. The second kappa shape index (κ2) is 12.0. The molecule has 104 valence electrons. The van der Waals surface area contributed by atoms with Crippen LogP contribution in [-0.4, -0.2) is 46.0 Å². The first-order valence-corrected chi connectivity index (χ1v) is 4.90. The van der Waals surface area contributed by atoms with Gasteiger partial charge in [0, 0.05) is 5.27 Å². The molecule has 0 spiro atoms. The fraction of sp³-hybridized carbons (Fsp3) is 0. The minimum atomic E-state index is 1.26. The van der Waals surface area contributed by atoms with Gasteiger partial charge >= 0.3 is 0 Å². The van der Waals surface area contributed by atoms with E-state index < -0.39 is 0 Å². The third-order valence-corrected chi connectivity index (χ3v) is 1.18.